The van der Waals surface area contributed by atoms with Crippen LogP contribution in [-0.2, 0) is 13.0 Å². The van der Waals surface area contributed by atoms with Crippen molar-refractivity contribution in [3.05, 3.63) is 47.4 Å². The minimum absolute atomic E-state index is 0.164. The third kappa shape index (κ3) is 2.43. The molecule has 3 rings (SSSR count). The maximum Gasteiger partial charge on any atom is 0.227 e. The lowest BCUT2D eigenvalue weighted by atomic mass is 10.00. The van der Waals surface area contributed by atoms with E-state index in [0.717, 1.165) is 42.4 Å². The van der Waals surface area contributed by atoms with Crippen LogP contribution < -0.4 is 9.80 Å². The van der Waals surface area contributed by atoms with Gasteiger partial charge in [-0.15, -0.1) is 0 Å². The second-order valence-electron chi connectivity index (χ2n) is 5.19. The van der Waals surface area contributed by atoms with Crippen molar-refractivity contribution in [3.8, 4) is 0 Å². The molecule has 4 nitrogen and oxygen atoms in total. The minimum atomic E-state index is -0.164. The molecule has 1 aromatic heterocycles. The maximum atomic E-state index is 13.2. The molecule has 0 unspecified atom stereocenters. The Morgan fingerprint density at radius 1 is 1.20 bits per heavy atom. The fourth-order valence-corrected chi connectivity index (χ4v) is 2.43. The smallest absolute Gasteiger partial charge is 0.227 e. The summed E-state index contributed by atoms with van der Waals surface area (Å²) in [6, 6.07) is 6.88. The van der Waals surface area contributed by atoms with Gasteiger partial charge < -0.3 is 9.80 Å². The molecule has 104 valence electrons. The van der Waals surface area contributed by atoms with E-state index in [2.05, 4.69) is 14.9 Å². The summed E-state index contributed by atoms with van der Waals surface area (Å²) in [6.07, 6.45) is 2.60. The third-order valence-electron chi connectivity index (χ3n) is 3.55. The highest BCUT2D eigenvalue weighted by Gasteiger charge is 2.19. The van der Waals surface area contributed by atoms with Crippen molar-refractivity contribution in [2.24, 2.45) is 0 Å². The van der Waals surface area contributed by atoms with E-state index in [1.807, 2.05) is 31.1 Å². The molecule has 0 spiro atoms. The highest BCUT2D eigenvalue weighted by Crippen LogP contribution is 2.23. The summed E-state index contributed by atoms with van der Waals surface area (Å²) < 4.78 is 13.2. The van der Waals surface area contributed by atoms with Crippen LogP contribution in [0.1, 0.15) is 11.1 Å². The van der Waals surface area contributed by atoms with Gasteiger partial charge in [0.05, 0.1) is 0 Å². The zero-order valence-corrected chi connectivity index (χ0v) is 11.7. The molecule has 0 atom stereocenters. The Hall–Kier alpha value is -2.17. The molecule has 0 amide bonds. The average Bonchev–Trinajstić information content (AvgIpc) is 2.47. The van der Waals surface area contributed by atoms with Gasteiger partial charge in [0.2, 0.25) is 5.95 Å². The molecule has 5 heteroatoms. The van der Waals surface area contributed by atoms with E-state index in [9.17, 15) is 4.39 Å². The zero-order valence-electron chi connectivity index (χ0n) is 11.7. The number of hydrogen-bond donors (Lipinski definition) is 0. The third-order valence-corrected chi connectivity index (χ3v) is 3.55. The first-order valence-electron chi connectivity index (χ1n) is 6.66. The van der Waals surface area contributed by atoms with Crippen LogP contribution in [0.15, 0.2) is 30.5 Å². The molecule has 0 N–H and O–H groups in total. The van der Waals surface area contributed by atoms with Crippen LogP contribution in [0.25, 0.3) is 0 Å². The Balaban J connectivity index is 1.86. The van der Waals surface area contributed by atoms with E-state index in [0.29, 0.717) is 0 Å². The second-order valence-corrected chi connectivity index (χ2v) is 5.19. The molecule has 2 heterocycles. The molecule has 20 heavy (non-hydrogen) atoms. The standard InChI is InChI=1S/C15H17FN4/c1-19(2)14-5-7-17-15(18-14)20-8-6-11-9-13(16)4-3-12(11)10-20/h3-5,7,9H,6,8,10H2,1-2H3. The minimum Gasteiger partial charge on any atom is -0.363 e. The van der Waals surface area contributed by atoms with E-state index in [4.69, 9.17) is 0 Å². The molecule has 0 aliphatic carbocycles. The van der Waals surface area contributed by atoms with Crippen LogP contribution in [0.4, 0.5) is 16.2 Å². The fraction of sp³-hybridized carbons (Fsp3) is 0.333. The first kappa shape index (κ1) is 12.8. The van der Waals surface area contributed by atoms with Gasteiger partial charge in [0.1, 0.15) is 11.6 Å². The number of aromatic nitrogens is 2. The molecule has 0 bridgehead atoms. The van der Waals surface area contributed by atoms with Gasteiger partial charge in [0.25, 0.3) is 0 Å². The topological polar surface area (TPSA) is 32.3 Å². The Morgan fingerprint density at radius 2 is 2.05 bits per heavy atom. The molecule has 1 aliphatic rings. The van der Waals surface area contributed by atoms with Crippen LogP contribution >= 0.6 is 0 Å². The fourth-order valence-electron chi connectivity index (χ4n) is 2.43. The summed E-state index contributed by atoms with van der Waals surface area (Å²) in [4.78, 5) is 13.0. The van der Waals surface area contributed by atoms with Gasteiger partial charge in [-0.2, -0.15) is 4.98 Å². The first-order valence-corrected chi connectivity index (χ1v) is 6.66. The van der Waals surface area contributed by atoms with Crippen molar-refractivity contribution in [1.82, 2.24) is 9.97 Å². The molecule has 1 aromatic carbocycles. The summed E-state index contributed by atoms with van der Waals surface area (Å²) in [5.41, 5.74) is 2.24. The molecular formula is C15H17FN4. The summed E-state index contributed by atoms with van der Waals surface area (Å²) >= 11 is 0. The largest absolute Gasteiger partial charge is 0.363 e. The highest BCUT2D eigenvalue weighted by molar-refractivity contribution is 5.45. The van der Waals surface area contributed by atoms with Crippen LogP contribution in [0.5, 0.6) is 0 Å². The molecule has 1 aliphatic heterocycles. The number of anilines is 2. The van der Waals surface area contributed by atoms with Crippen LogP contribution in [0, 0.1) is 5.82 Å². The highest BCUT2D eigenvalue weighted by atomic mass is 19.1. The lowest BCUT2D eigenvalue weighted by molar-refractivity contribution is 0.618. The number of fused-ring (bicyclic) bond motifs is 1. The summed E-state index contributed by atoms with van der Waals surface area (Å²) in [5, 5.41) is 0. The van der Waals surface area contributed by atoms with Crippen LogP contribution in [0.2, 0.25) is 0 Å². The monoisotopic (exact) mass is 272 g/mol. The lowest BCUT2D eigenvalue weighted by Gasteiger charge is -2.29. The number of benzene rings is 1. The molecule has 0 saturated heterocycles. The Kier molecular flexibility index (Phi) is 3.26. The SMILES string of the molecule is CN(C)c1ccnc(N2CCc3cc(F)ccc3C2)n1. The molecule has 0 fully saturated rings. The van der Waals surface area contributed by atoms with Crippen molar-refractivity contribution in [3.63, 3.8) is 0 Å². The van der Waals surface area contributed by atoms with Gasteiger partial charge >= 0.3 is 0 Å². The Labute approximate surface area is 117 Å². The van der Waals surface area contributed by atoms with Crippen molar-refractivity contribution in [1.29, 1.82) is 0 Å². The molecule has 0 saturated carbocycles. The Morgan fingerprint density at radius 3 is 2.85 bits per heavy atom. The van der Waals surface area contributed by atoms with Gasteiger partial charge in [-0.3, -0.25) is 0 Å². The van der Waals surface area contributed by atoms with E-state index in [1.165, 1.54) is 6.07 Å². The van der Waals surface area contributed by atoms with E-state index >= 15 is 0 Å². The van der Waals surface area contributed by atoms with Crippen LogP contribution in [0.3, 0.4) is 0 Å². The van der Waals surface area contributed by atoms with Gasteiger partial charge in [0, 0.05) is 33.4 Å². The predicted octanol–water partition coefficient (Wildman–Crippen LogP) is 2.24. The number of rotatable bonds is 2. The maximum absolute atomic E-state index is 13.2. The van der Waals surface area contributed by atoms with E-state index in [-0.39, 0.29) is 5.82 Å². The first-order chi connectivity index (χ1) is 9.63. The van der Waals surface area contributed by atoms with E-state index < -0.39 is 0 Å². The number of halogens is 1. The Bertz CT molecular complexity index is 627. The molecular weight excluding hydrogens is 255 g/mol. The number of nitrogens with zero attached hydrogens (tertiary/aromatic N) is 4. The molecule has 2 aromatic rings. The van der Waals surface area contributed by atoms with Crippen molar-refractivity contribution in [2.45, 2.75) is 13.0 Å². The average molecular weight is 272 g/mol. The quantitative estimate of drug-likeness (QED) is 0.839. The molecule has 0 radical (unpaired) electrons. The summed E-state index contributed by atoms with van der Waals surface area (Å²) in [6.45, 7) is 1.54. The van der Waals surface area contributed by atoms with Gasteiger partial charge in [-0.1, -0.05) is 6.07 Å². The van der Waals surface area contributed by atoms with Gasteiger partial charge in [-0.05, 0) is 35.7 Å². The summed E-state index contributed by atoms with van der Waals surface area (Å²) in [7, 11) is 3.92. The van der Waals surface area contributed by atoms with E-state index in [1.54, 1.807) is 12.3 Å². The number of hydrogen-bond acceptors (Lipinski definition) is 4. The predicted molar refractivity (Wildman–Crippen MR) is 77.5 cm³/mol. The van der Waals surface area contributed by atoms with Gasteiger partial charge in [-0.25, -0.2) is 9.37 Å². The van der Waals surface area contributed by atoms with Crippen molar-refractivity contribution >= 4 is 11.8 Å². The van der Waals surface area contributed by atoms with Gasteiger partial charge in [0.15, 0.2) is 0 Å². The van der Waals surface area contributed by atoms with Crippen molar-refractivity contribution < 1.29 is 4.39 Å². The summed E-state index contributed by atoms with van der Waals surface area (Å²) in [5.74, 6) is 1.45. The normalized spacial score (nSPS) is 14.1. The zero-order chi connectivity index (χ0) is 14.1. The lowest BCUT2D eigenvalue weighted by Crippen LogP contribution is -2.32. The second kappa shape index (κ2) is 5.07. The van der Waals surface area contributed by atoms with Crippen LogP contribution in [-0.4, -0.2) is 30.6 Å². The van der Waals surface area contributed by atoms with Crippen molar-refractivity contribution in [2.75, 3.05) is 30.4 Å².